The van der Waals surface area contributed by atoms with Gasteiger partial charge < -0.3 is 9.72 Å². The third-order valence-electron chi connectivity index (χ3n) is 6.54. The minimum absolute atomic E-state index is 0.0169. The van der Waals surface area contributed by atoms with Gasteiger partial charge in [-0.15, -0.1) is 0 Å². The Kier molecular flexibility index (Phi) is 4.92. The first kappa shape index (κ1) is 20.3. The average molecular weight is 445 g/mol. The highest BCUT2D eigenvalue weighted by molar-refractivity contribution is 6.12. The fourth-order valence-corrected chi connectivity index (χ4v) is 4.96. The lowest BCUT2D eigenvalue weighted by atomic mass is 9.95. The van der Waals surface area contributed by atoms with Gasteiger partial charge >= 0.3 is 0 Å². The molecule has 1 amide bonds. The molecule has 0 unspecified atom stereocenters. The van der Waals surface area contributed by atoms with Gasteiger partial charge in [0.05, 0.1) is 6.04 Å². The summed E-state index contributed by atoms with van der Waals surface area (Å²) in [6.45, 7) is 2.59. The van der Waals surface area contributed by atoms with E-state index in [1.54, 1.807) is 0 Å². The van der Waals surface area contributed by atoms with E-state index in [1.807, 2.05) is 89.8 Å². The number of anilines is 1. The Labute approximate surface area is 198 Å². The molecule has 4 heteroatoms. The molecule has 1 aliphatic heterocycles. The normalized spacial score (nSPS) is 15.0. The van der Waals surface area contributed by atoms with Crippen molar-refractivity contribution in [3.63, 3.8) is 0 Å². The van der Waals surface area contributed by atoms with Gasteiger partial charge in [0.25, 0.3) is 5.91 Å². The summed E-state index contributed by atoms with van der Waals surface area (Å²) in [5.41, 5.74) is 7.04. The Morgan fingerprint density at radius 2 is 1.53 bits per heavy atom. The Morgan fingerprint density at radius 3 is 2.35 bits per heavy atom. The van der Waals surface area contributed by atoms with Crippen LogP contribution in [0.15, 0.2) is 103 Å². The van der Waals surface area contributed by atoms with Gasteiger partial charge in [0.1, 0.15) is 12.4 Å². The maximum atomic E-state index is 13.6. The molecule has 4 aromatic carbocycles. The monoisotopic (exact) mass is 444 g/mol. The standard InChI is InChI=1S/C30H24N2O2/c1-20-28(26-13-7-8-14-27(26)31-20)29-24-11-5-6-12-25(24)30(33)32(29)22-15-17-23(18-16-22)34-19-21-9-3-2-4-10-21/h2-18,29,31H,19H2,1H3/t29-/m0/s1. The second-order valence-corrected chi connectivity index (χ2v) is 8.64. The van der Waals surface area contributed by atoms with Crippen molar-refractivity contribution in [1.82, 2.24) is 4.98 Å². The first-order valence-corrected chi connectivity index (χ1v) is 11.5. The summed E-state index contributed by atoms with van der Waals surface area (Å²) in [6, 6.07) is 33.9. The number of para-hydroxylation sites is 1. The SMILES string of the molecule is Cc1[nH]c2ccccc2c1[C@@H]1c2ccccc2C(=O)N1c1ccc(OCc2ccccc2)cc1. The molecule has 1 aliphatic rings. The molecule has 0 bridgehead atoms. The van der Waals surface area contributed by atoms with Crippen LogP contribution in [0, 0.1) is 6.92 Å². The van der Waals surface area contributed by atoms with Gasteiger partial charge in [-0.25, -0.2) is 0 Å². The van der Waals surface area contributed by atoms with E-state index in [0.717, 1.165) is 50.3 Å². The summed E-state index contributed by atoms with van der Waals surface area (Å²) >= 11 is 0. The lowest BCUT2D eigenvalue weighted by Gasteiger charge is -2.26. The molecule has 34 heavy (non-hydrogen) atoms. The molecule has 1 aromatic heterocycles. The van der Waals surface area contributed by atoms with Crippen LogP contribution < -0.4 is 9.64 Å². The molecule has 5 aromatic rings. The number of nitrogens with zero attached hydrogens (tertiary/aromatic N) is 1. The summed E-state index contributed by atoms with van der Waals surface area (Å²) in [7, 11) is 0. The van der Waals surface area contributed by atoms with Crippen molar-refractivity contribution in [2.24, 2.45) is 0 Å². The van der Waals surface area contributed by atoms with E-state index in [0.29, 0.717) is 6.61 Å². The summed E-state index contributed by atoms with van der Waals surface area (Å²) < 4.78 is 5.97. The number of carbonyl (C=O) groups is 1. The van der Waals surface area contributed by atoms with E-state index < -0.39 is 0 Å². The van der Waals surface area contributed by atoms with Crippen molar-refractivity contribution in [3.05, 3.63) is 131 Å². The van der Waals surface area contributed by atoms with Crippen molar-refractivity contribution in [1.29, 1.82) is 0 Å². The van der Waals surface area contributed by atoms with E-state index in [2.05, 4.69) is 30.1 Å². The lowest BCUT2D eigenvalue weighted by molar-refractivity contribution is 0.0993. The molecule has 166 valence electrons. The average Bonchev–Trinajstić information content (AvgIpc) is 3.36. The van der Waals surface area contributed by atoms with Crippen molar-refractivity contribution >= 4 is 22.5 Å². The van der Waals surface area contributed by atoms with Gasteiger partial charge in [0, 0.05) is 33.4 Å². The molecule has 6 rings (SSSR count). The zero-order chi connectivity index (χ0) is 23.1. The second-order valence-electron chi connectivity index (χ2n) is 8.64. The number of aryl methyl sites for hydroxylation is 1. The fraction of sp³-hybridized carbons (Fsp3) is 0.100. The van der Waals surface area contributed by atoms with Crippen molar-refractivity contribution in [2.45, 2.75) is 19.6 Å². The van der Waals surface area contributed by atoms with Crippen molar-refractivity contribution in [3.8, 4) is 5.75 Å². The van der Waals surface area contributed by atoms with Gasteiger partial charge in [-0.05, 0) is 54.4 Å². The van der Waals surface area contributed by atoms with Gasteiger partial charge in [0.2, 0.25) is 0 Å². The lowest BCUT2D eigenvalue weighted by Crippen LogP contribution is -2.28. The number of fused-ring (bicyclic) bond motifs is 2. The number of carbonyl (C=O) groups excluding carboxylic acids is 1. The summed E-state index contributed by atoms with van der Waals surface area (Å²) in [4.78, 5) is 19.0. The molecule has 0 radical (unpaired) electrons. The number of hydrogen-bond donors (Lipinski definition) is 1. The minimum Gasteiger partial charge on any atom is -0.489 e. The maximum Gasteiger partial charge on any atom is 0.259 e. The molecule has 2 heterocycles. The summed E-state index contributed by atoms with van der Waals surface area (Å²) in [5.74, 6) is 0.792. The van der Waals surface area contributed by atoms with Crippen LogP contribution in [0.4, 0.5) is 5.69 Å². The fourth-order valence-electron chi connectivity index (χ4n) is 4.96. The Morgan fingerprint density at radius 1 is 0.824 bits per heavy atom. The summed E-state index contributed by atoms with van der Waals surface area (Å²) in [6.07, 6.45) is 0. The summed E-state index contributed by atoms with van der Waals surface area (Å²) in [5, 5.41) is 1.14. The van der Waals surface area contributed by atoms with Crippen LogP contribution >= 0.6 is 0 Å². The zero-order valence-electron chi connectivity index (χ0n) is 18.9. The number of hydrogen-bond acceptors (Lipinski definition) is 2. The molecule has 4 nitrogen and oxygen atoms in total. The predicted molar refractivity (Wildman–Crippen MR) is 135 cm³/mol. The smallest absolute Gasteiger partial charge is 0.259 e. The number of aromatic nitrogens is 1. The predicted octanol–water partition coefficient (Wildman–Crippen LogP) is 6.81. The van der Waals surface area contributed by atoms with Crippen LogP contribution in [0.3, 0.4) is 0 Å². The molecule has 0 aliphatic carbocycles. The Bertz CT molecular complexity index is 1490. The first-order valence-electron chi connectivity index (χ1n) is 11.5. The number of benzene rings is 4. The highest BCUT2D eigenvalue weighted by Crippen LogP contribution is 2.45. The third kappa shape index (κ3) is 3.35. The zero-order valence-corrected chi connectivity index (χ0v) is 18.9. The molecule has 0 saturated carbocycles. The molecule has 1 N–H and O–H groups in total. The molecule has 0 spiro atoms. The topological polar surface area (TPSA) is 45.3 Å². The van der Waals surface area contributed by atoms with E-state index in [-0.39, 0.29) is 11.9 Å². The van der Waals surface area contributed by atoms with Gasteiger partial charge in [-0.1, -0.05) is 66.7 Å². The molecular formula is C30H24N2O2. The van der Waals surface area contributed by atoms with Crippen LogP contribution in [0.25, 0.3) is 10.9 Å². The van der Waals surface area contributed by atoms with E-state index in [1.165, 1.54) is 0 Å². The number of rotatable bonds is 5. The number of nitrogens with one attached hydrogen (secondary N) is 1. The van der Waals surface area contributed by atoms with Gasteiger partial charge in [-0.2, -0.15) is 0 Å². The molecule has 0 fully saturated rings. The van der Waals surface area contributed by atoms with Crippen LogP contribution in [0.1, 0.15) is 38.8 Å². The van der Waals surface area contributed by atoms with Crippen molar-refractivity contribution in [2.75, 3.05) is 4.90 Å². The Balaban J connectivity index is 1.39. The highest BCUT2D eigenvalue weighted by atomic mass is 16.5. The quantitative estimate of drug-likeness (QED) is 0.324. The van der Waals surface area contributed by atoms with Gasteiger partial charge in [-0.3, -0.25) is 9.69 Å². The second kappa shape index (κ2) is 8.23. The maximum absolute atomic E-state index is 13.6. The number of amides is 1. The number of H-pyrrole nitrogens is 1. The minimum atomic E-state index is -0.198. The Hall–Kier alpha value is -4.31. The van der Waals surface area contributed by atoms with Crippen LogP contribution in [-0.4, -0.2) is 10.9 Å². The molecule has 0 saturated heterocycles. The van der Waals surface area contributed by atoms with E-state index in [4.69, 9.17) is 4.74 Å². The van der Waals surface area contributed by atoms with Crippen molar-refractivity contribution < 1.29 is 9.53 Å². The number of ether oxygens (including phenoxy) is 1. The van der Waals surface area contributed by atoms with Crippen LogP contribution in [-0.2, 0) is 6.61 Å². The third-order valence-corrected chi connectivity index (χ3v) is 6.54. The van der Waals surface area contributed by atoms with E-state index >= 15 is 0 Å². The number of aromatic amines is 1. The van der Waals surface area contributed by atoms with E-state index in [9.17, 15) is 4.79 Å². The highest BCUT2D eigenvalue weighted by Gasteiger charge is 2.40. The van der Waals surface area contributed by atoms with Crippen LogP contribution in [0.2, 0.25) is 0 Å². The van der Waals surface area contributed by atoms with Crippen LogP contribution in [0.5, 0.6) is 5.75 Å². The first-order chi connectivity index (χ1) is 16.7. The van der Waals surface area contributed by atoms with Gasteiger partial charge in [0.15, 0.2) is 0 Å². The largest absolute Gasteiger partial charge is 0.489 e. The molecule has 1 atom stereocenters. The molecular weight excluding hydrogens is 420 g/mol.